The van der Waals surface area contributed by atoms with Crippen LogP contribution in [-0.2, 0) is 21.5 Å². The molecule has 0 aromatic carbocycles. The fourth-order valence-corrected chi connectivity index (χ4v) is 4.58. The van der Waals surface area contributed by atoms with Crippen molar-refractivity contribution in [3.63, 3.8) is 0 Å². The Morgan fingerprint density at radius 2 is 1.78 bits per heavy atom. The zero-order valence-electron chi connectivity index (χ0n) is 18.7. The summed E-state index contributed by atoms with van der Waals surface area (Å²) < 4.78 is 5.41. The Labute approximate surface area is 187 Å². The molecular weight excluding hydrogens is 412 g/mol. The number of aromatic nitrogens is 5. The van der Waals surface area contributed by atoms with E-state index >= 15 is 0 Å². The third kappa shape index (κ3) is 5.43. The van der Waals surface area contributed by atoms with E-state index in [4.69, 9.17) is 4.52 Å². The molecule has 2 aliphatic rings. The van der Waals surface area contributed by atoms with Crippen LogP contribution in [-0.4, -0.2) is 50.2 Å². The average Bonchev–Trinajstić information content (AvgIpc) is 3.39. The number of aromatic amines is 1. The molecule has 2 fully saturated rings. The van der Waals surface area contributed by atoms with Crippen LogP contribution in [0.3, 0.4) is 0 Å². The Bertz CT molecular complexity index is 910. The maximum absolute atomic E-state index is 12.4. The van der Waals surface area contributed by atoms with E-state index in [1.54, 1.807) is 0 Å². The largest absolute Gasteiger partial charge is 0.343 e. The summed E-state index contributed by atoms with van der Waals surface area (Å²) in [5, 5.41) is 17.0. The zero-order valence-corrected chi connectivity index (χ0v) is 18.7. The van der Waals surface area contributed by atoms with Crippen LogP contribution in [0.4, 0.5) is 11.9 Å². The van der Waals surface area contributed by atoms with E-state index in [2.05, 4.69) is 40.9 Å². The average molecular weight is 445 g/mol. The van der Waals surface area contributed by atoms with Crippen molar-refractivity contribution < 1.29 is 14.1 Å². The molecule has 2 aromatic heterocycles. The highest BCUT2D eigenvalue weighted by molar-refractivity contribution is 5.89. The van der Waals surface area contributed by atoms with Gasteiger partial charge in [0.2, 0.25) is 29.6 Å². The molecule has 2 amide bonds. The van der Waals surface area contributed by atoms with Gasteiger partial charge < -0.3 is 14.7 Å². The van der Waals surface area contributed by atoms with Gasteiger partial charge in [0.05, 0.1) is 0 Å². The quantitative estimate of drug-likeness (QED) is 0.553. The number of hydrogen-bond acceptors (Lipinski definition) is 8. The number of nitrogens with one attached hydrogen (secondary N) is 3. The van der Waals surface area contributed by atoms with Crippen molar-refractivity contribution in [1.29, 1.82) is 0 Å². The van der Waals surface area contributed by atoms with Gasteiger partial charge in [0.15, 0.2) is 5.82 Å². The Hall–Kier alpha value is -2.98. The molecule has 0 spiro atoms. The van der Waals surface area contributed by atoms with Crippen LogP contribution in [0.1, 0.15) is 82.8 Å². The summed E-state index contributed by atoms with van der Waals surface area (Å²) in [7, 11) is 0. The summed E-state index contributed by atoms with van der Waals surface area (Å²) in [6.45, 7) is 3.38. The smallest absolute Gasteiger partial charge is 0.246 e. The standard InChI is InChI=1S/C21H32N8O3/c1-15(30)25-21(11-5-2-3-6-12-21)18-23-17(32-28-18)10-9-16(31)22-19-24-20(27-26-19)29-13-7-4-8-14-29/h2-14H2,1H3,(H,25,30)(H2,22,24,26,27,31). The van der Waals surface area contributed by atoms with Crippen molar-refractivity contribution in [3.8, 4) is 0 Å². The van der Waals surface area contributed by atoms with E-state index in [-0.39, 0.29) is 18.2 Å². The number of piperidine rings is 1. The third-order valence-electron chi connectivity index (χ3n) is 6.20. The lowest BCUT2D eigenvalue weighted by molar-refractivity contribution is -0.121. The molecule has 0 atom stereocenters. The Balaban J connectivity index is 1.33. The van der Waals surface area contributed by atoms with E-state index in [0.717, 1.165) is 64.5 Å². The predicted molar refractivity (Wildman–Crippen MR) is 117 cm³/mol. The first-order chi connectivity index (χ1) is 15.5. The summed E-state index contributed by atoms with van der Waals surface area (Å²) in [6.07, 6.45) is 9.82. The first-order valence-corrected chi connectivity index (χ1v) is 11.6. The molecule has 1 aliphatic heterocycles. The second-order valence-corrected chi connectivity index (χ2v) is 8.77. The van der Waals surface area contributed by atoms with Crippen LogP contribution >= 0.6 is 0 Å². The van der Waals surface area contributed by atoms with Crippen molar-refractivity contribution in [2.24, 2.45) is 0 Å². The Morgan fingerprint density at radius 3 is 2.50 bits per heavy atom. The third-order valence-corrected chi connectivity index (χ3v) is 6.20. The molecular formula is C21H32N8O3. The lowest BCUT2D eigenvalue weighted by Crippen LogP contribution is -2.45. The summed E-state index contributed by atoms with van der Waals surface area (Å²) in [5.41, 5.74) is -0.586. The molecule has 3 heterocycles. The highest BCUT2D eigenvalue weighted by Gasteiger charge is 2.38. The second kappa shape index (κ2) is 10.1. The number of hydrogen-bond donors (Lipinski definition) is 3. The molecule has 2 aromatic rings. The minimum absolute atomic E-state index is 0.103. The SMILES string of the molecule is CC(=O)NC1(c2noc(CCC(=O)Nc3nc(N4CCCCC4)n[nH]3)n2)CCCCCC1. The van der Waals surface area contributed by atoms with E-state index in [1.165, 1.54) is 13.3 Å². The summed E-state index contributed by atoms with van der Waals surface area (Å²) in [5.74, 6) is 1.53. The fraction of sp³-hybridized carbons (Fsp3) is 0.714. The molecule has 0 radical (unpaired) electrons. The van der Waals surface area contributed by atoms with E-state index < -0.39 is 5.54 Å². The van der Waals surface area contributed by atoms with Crippen LogP contribution in [0.2, 0.25) is 0 Å². The number of nitrogens with zero attached hydrogens (tertiary/aromatic N) is 5. The minimum atomic E-state index is -0.586. The topological polar surface area (TPSA) is 142 Å². The highest BCUT2D eigenvalue weighted by atomic mass is 16.5. The molecule has 0 unspecified atom stereocenters. The molecule has 174 valence electrons. The monoisotopic (exact) mass is 444 g/mol. The van der Waals surface area contributed by atoms with Gasteiger partial charge >= 0.3 is 0 Å². The number of rotatable bonds is 7. The molecule has 11 heteroatoms. The first-order valence-electron chi connectivity index (χ1n) is 11.6. The lowest BCUT2D eigenvalue weighted by Gasteiger charge is -2.30. The van der Waals surface area contributed by atoms with Gasteiger partial charge in [0, 0.05) is 32.9 Å². The van der Waals surface area contributed by atoms with Gasteiger partial charge in [0.25, 0.3) is 0 Å². The Morgan fingerprint density at radius 1 is 1.06 bits per heavy atom. The fourth-order valence-electron chi connectivity index (χ4n) is 4.58. The molecule has 1 aliphatic carbocycles. The van der Waals surface area contributed by atoms with Crippen molar-refractivity contribution in [2.45, 2.75) is 83.1 Å². The normalized spacial score (nSPS) is 18.7. The van der Waals surface area contributed by atoms with Crippen LogP contribution < -0.4 is 15.5 Å². The van der Waals surface area contributed by atoms with Crippen LogP contribution in [0.5, 0.6) is 0 Å². The molecule has 11 nitrogen and oxygen atoms in total. The molecule has 4 rings (SSSR count). The highest BCUT2D eigenvalue weighted by Crippen LogP contribution is 2.34. The van der Waals surface area contributed by atoms with E-state index in [9.17, 15) is 9.59 Å². The van der Waals surface area contributed by atoms with E-state index in [0.29, 0.717) is 30.0 Å². The van der Waals surface area contributed by atoms with Gasteiger partial charge in [-0.2, -0.15) is 9.97 Å². The maximum atomic E-state index is 12.4. The minimum Gasteiger partial charge on any atom is -0.343 e. The first kappa shape index (κ1) is 22.2. The lowest BCUT2D eigenvalue weighted by atomic mass is 9.89. The van der Waals surface area contributed by atoms with Gasteiger partial charge in [-0.3, -0.25) is 14.9 Å². The summed E-state index contributed by atoms with van der Waals surface area (Å²) in [4.78, 5) is 35.2. The van der Waals surface area contributed by atoms with Crippen LogP contribution in [0, 0.1) is 0 Å². The van der Waals surface area contributed by atoms with Gasteiger partial charge in [-0.05, 0) is 32.1 Å². The molecule has 1 saturated heterocycles. The van der Waals surface area contributed by atoms with E-state index in [1.807, 2.05) is 0 Å². The number of amides is 2. The summed E-state index contributed by atoms with van der Waals surface area (Å²) in [6, 6.07) is 0. The predicted octanol–water partition coefficient (Wildman–Crippen LogP) is 2.43. The van der Waals surface area contributed by atoms with Crippen molar-refractivity contribution in [3.05, 3.63) is 11.7 Å². The number of H-pyrrole nitrogens is 1. The van der Waals surface area contributed by atoms with Gasteiger partial charge in [-0.25, -0.2) is 5.10 Å². The Kier molecular flexibility index (Phi) is 7.01. The summed E-state index contributed by atoms with van der Waals surface area (Å²) >= 11 is 0. The maximum Gasteiger partial charge on any atom is 0.246 e. The molecule has 32 heavy (non-hydrogen) atoms. The van der Waals surface area contributed by atoms with Crippen molar-refractivity contribution in [2.75, 3.05) is 23.3 Å². The molecule has 0 bridgehead atoms. The van der Waals surface area contributed by atoms with Gasteiger partial charge in [-0.1, -0.05) is 30.8 Å². The number of aryl methyl sites for hydroxylation is 1. The number of carbonyl (C=O) groups excluding carboxylic acids is 2. The van der Waals surface area contributed by atoms with Crippen molar-refractivity contribution >= 4 is 23.7 Å². The zero-order chi connectivity index (χ0) is 22.4. The number of carbonyl (C=O) groups is 2. The number of anilines is 2. The molecule has 3 N–H and O–H groups in total. The second-order valence-electron chi connectivity index (χ2n) is 8.77. The van der Waals surface area contributed by atoms with Crippen LogP contribution in [0.25, 0.3) is 0 Å². The van der Waals surface area contributed by atoms with Crippen molar-refractivity contribution in [1.82, 2.24) is 30.6 Å². The van der Waals surface area contributed by atoms with Gasteiger partial charge in [0.1, 0.15) is 5.54 Å². The molecule has 1 saturated carbocycles. The van der Waals surface area contributed by atoms with Crippen LogP contribution in [0.15, 0.2) is 4.52 Å². The van der Waals surface area contributed by atoms with Gasteiger partial charge in [-0.15, -0.1) is 5.10 Å².